The quantitative estimate of drug-likeness (QED) is 0.718. The van der Waals surface area contributed by atoms with Crippen LogP contribution in [0.1, 0.15) is 11.4 Å². The fraction of sp³-hybridized carbons (Fsp3) is 0.333. The zero-order valence-corrected chi connectivity index (χ0v) is 9.37. The Bertz CT molecular complexity index is 643. The minimum atomic E-state index is 0.0391. The smallest absolute Gasteiger partial charge is 0.261 e. The second kappa shape index (κ2) is 3.07. The Hall–Kier alpha value is -1.84. The number of nitrogens with zero attached hydrogens (tertiary/aromatic N) is 2. The van der Waals surface area contributed by atoms with Crippen molar-refractivity contribution in [1.82, 2.24) is 9.55 Å². The SMILES string of the molecule is Cc1nc2c3c(ccc2c(=O)n1C)NCC3. The lowest BCUT2D eigenvalue weighted by atomic mass is 10.1. The van der Waals surface area contributed by atoms with Gasteiger partial charge in [-0.1, -0.05) is 0 Å². The molecule has 3 rings (SSSR count). The van der Waals surface area contributed by atoms with E-state index in [1.54, 1.807) is 11.6 Å². The van der Waals surface area contributed by atoms with E-state index < -0.39 is 0 Å². The molecule has 1 aliphatic heterocycles. The molecule has 1 aliphatic rings. The van der Waals surface area contributed by atoms with E-state index in [-0.39, 0.29) is 5.56 Å². The largest absolute Gasteiger partial charge is 0.384 e. The van der Waals surface area contributed by atoms with Gasteiger partial charge in [0.25, 0.3) is 5.56 Å². The maximum Gasteiger partial charge on any atom is 0.261 e. The summed E-state index contributed by atoms with van der Waals surface area (Å²) < 4.78 is 1.59. The van der Waals surface area contributed by atoms with Gasteiger partial charge in [0, 0.05) is 24.8 Å². The summed E-state index contributed by atoms with van der Waals surface area (Å²) in [5.74, 6) is 0.762. The maximum absolute atomic E-state index is 12.1. The summed E-state index contributed by atoms with van der Waals surface area (Å²) in [4.78, 5) is 16.6. The molecule has 2 aromatic rings. The first-order valence-electron chi connectivity index (χ1n) is 5.41. The highest BCUT2D eigenvalue weighted by molar-refractivity contribution is 5.87. The summed E-state index contributed by atoms with van der Waals surface area (Å²) >= 11 is 0. The molecular weight excluding hydrogens is 202 g/mol. The molecule has 0 aliphatic carbocycles. The number of anilines is 1. The van der Waals surface area contributed by atoms with Gasteiger partial charge < -0.3 is 5.32 Å². The lowest BCUT2D eigenvalue weighted by Crippen LogP contribution is -2.20. The van der Waals surface area contributed by atoms with Gasteiger partial charge in [-0.25, -0.2) is 4.98 Å². The number of nitrogens with one attached hydrogen (secondary N) is 1. The second-order valence-corrected chi connectivity index (χ2v) is 4.19. The van der Waals surface area contributed by atoms with Crippen LogP contribution in [0.25, 0.3) is 10.9 Å². The highest BCUT2D eigenvalue weighted by Crippen LogP contribution is 2.27. The Morgan fingerprint density at radius 2 is 2.25 bits per heavy atom. The molecule has 2 heterocycles. The molecule has 0 radical (unpaired) electrons. The zero-order valence-electron chi connectivity index (χ0n) is 9.37. The van der Waals surface area contributed by atoms with E-state index in [0.717, 1.165) is 35.4 Å². The molecule has 0 bridgehead atoms. The van der Waals surface area contributed by atoms with Crippen LogP contribution in [0.5, 0.6) is 0 Å². The predicted molar refractivity (Wildman–Crippen MR) is 63.9 cm³/mol. The van der Waals surface area contributed by atoms with Crippen molar-refractivity contribution in [3.8, 4) is 0 Å². The molecule has 0 spiro atoms. The Balaban J connectivity index is 2.51. The summed E-state index contributed by atoms with van der Waals surface area (Å²) in [5, 5.41) is 4.02. The van der Waals surface area contributed by atoms with Gasteiger partial charge in [0.2, 0.25) is 0 Å². The van der Waals surface area contributed by atoms with Gasteiger partial charge in [0.15, 0.2) is 0 Å². The standard InChI is InChI=1S/C12H13N3O/c1-7-14-11-8-5-6-13-10(8)4-3-9(11)12(16)15(7)2/h3-4,13H,5-6H2,1-2H3. The number of rotatable bonds is 0. The molecule has 16 heavy (non-hydrogen) atoms. The van der Waals surface area contributed by atoms with Gasteiger partial charge in [-0.2, -0.15) is 0 Å². The average Bonchev–Trinajstić information content (AvgIpc) is 2.74. The molecule has 4 nitrogen and oxygen atoms in total. The highest BCUT2D eigenvalue weighted by Gasteiger charge is 2.16. The maximum atomic E-state index is 12.1. The molecule has 0 fully saturated rings. The molecule has 0 unspecified atom stereocenters. The fourth-order valence-electron chi connectivity index (χ4n) is 2.24. The van der Waals surface area contributed by atoms with Crippen LogP contribution < -0.4 is 10.9 Å². The van der Waals surface area contributed by atoms with Gasteiger partial charge in [-0.3, -0.25) is 9.36 Å². The van der Waals surface area contributed by atoms with Crippen molar-refractivity contribution in [2.24, 2.45) is 7.05 Å². The van der Waals surface area contributed by atoms with Crippen LogP contribution in [0.4, 0.5) is 5.69 Å². The molecular formula is C12H13N3O. The van der Waals surface area contributed by atoms with Gasteiger partial charge in [0.05, 0.1) is 10.9 Å². The van der Waals surface area contributed by atoms with Crippen LogP contribution in [-0.2, 0) is 13.5 Å². The van der Waals surface area contributed by atoms with Gasteiger partial charge in [0.1, 0.15) is 5.82 Å². The van der Waals surface area contributed by atoms with Crippen LogP contribution >= 0.6 is 0 Å². The molecule has 1 aromatic carbocycles. The Morgan fingerprint density at radius 1 is 1.44 bits per heavy atom. The lowest BCUT2D eigenvalue weighted by molar-refractivity contribution is 0.791. The Labute approximate surface area is 92.9 Å². The normalized spacial score (nSPS) is 13.9. The molecule has 1 N–H and O–H groups in total. The monoisotopic (exact) mass is 215 g/mol. The minimum absolute atomic E-state index is 0.0391. The van der Waals surface area contributed by atoms with E-state index in [2.05, 4.69) is 10.3 Å². The summed E-state index contributed by atoms with van der Waals surface area (Å²) in [6, 6.07) is 3.84. The summed E-state index contributed by atoms with van der Waals surface area (Å²) in [7, 11) is 1.76. The van der Waals surface area contributed by atoms with Gasteiger partial charge in [-0.15, -0.1) is 0 Å². The first kappa shape index (κ1) is 9.39. The zero-order chi connectivity index (χ0) is 11.3. The second-order valence-electron chi connectivity index (χ2n) is 4.19. The van der Waals surface area contributed by atoms with Crippen molar-refractivity contribution in [3.63, 3.8) is 0 Å². The molecule has 0 saturated carbocycles. The van der Waals surface area contributed by atoms with Crippen molar-refractivity contribution in [2.45, 2.75) is 13.3 Å². The van der Waals surface area contributed by atoms with Crippen molar-refractivity contribution in [1.29, 1.82) is 0 Å². The number of benzene rings is 1. The van der Waals surface area contributed by atoms with Crippen molar-refractivity contribution >= 4 is 16.6 Å². The fourth-order valence-corrected chi connectivity index (χ4v) is 2.24. The van der Waals surface area contributed by atoms with E-state index in [1.165, 1.54) is 5.56 Å². The molecule has 1 aromatic heterocycles. The van der Waals surface area contributed by atoms with E-state index in [1.807, 2.05) is 19.1 Å². The Morgan fingerprint density at radius 3 is 3.06 bits per heavy atom. The number of aryl methyl sites for hydroxylation is 1. The molecule has 0 atom stereocenters. The molecule has 82 valence electrons. The molecule has 4 heteroatoms. The topological polar surface area (TPSA) is 46.9 Å². The lowest BCUT2D eigenvalue weighted by Gasteiger charge is -2.08. The first-order valence-corrected chi connectivity index (χ1v) is 5.41. The van der Waals surface area contributed by atoms with Crippen molar-refractivity contribution in [2.75, 3.05) is 11.9 Å². The third-order valence-corrected chi connectivity index (χ3v) is 3.27. The van der Waals surface area contributed by atoms with E-state index >= 15 is 0 Å². The average molecular weight is 215 g/mol. The van der Waals surface area contributed by atoms with Crippen LogP contribution in [0.15, 0.2) is 16.9 Å². The summed E-state index contributed by atoms with van der Waals surface area (Å²) in [6.07, 6.45) is 0.951. The summed E-state index contributed by atoms with van der Waals surface area (Å²) in [5.41, 5.74) is 3.20. The summed E-state index contributed by atoms with van der Waals surface area (Å²) in [6.45, 7) is 2.80. The van der Waals surface area contributed by atoms with Crippen molar-refractivity contribution in [3.05, 3.63) is 33.9 Å². The van der Waals surface area contributed by atoms with Crippen molar-refractivity contribution < 1.29 is 0 Å². The first-order chi connectivity index (χ1) is 7.68. The van der Waals surface area contributed by atoms with Gasteiger partial charge >= 0.3 is 0 Å². The number of hydrogen-bond donors (Lipinski definition) is 1. The van der Waals surface area contributed by atoms with E-state index in [0.29, 0.717) is 0 Å². The van der Waals surface area contributed by atoms with Crippen LogP contribution in [0.3, 0.4) is 0 Å². The van der Waals surface area contributed by atoms with Crippen LogP contribution in [0.2, 0.25) is 0 Å². The van der Waals surface area contributed by atoms with E-state index in [9.17, 15) is 4.79 Å². The third-order valence-electron chi connectivity index (χ3n) is 3.27. The highest BCUT2D eigenvalue weighted by atomic mass is 16.1. The van der Waals surface area contributed by atoms with Crippen LogP contribution in [0, 0.1) is 6.92 Å². The number of aromatic nitrogens is 2. The Kier molecular flexibility index (Phi) is 1.80. The van der Waals surface area contributed by atoms with E-state index in [4.69, 9.17) is 0 Å². The number of fused-ring (bicyclic) bond motifs is 3. The number of hydrogen-bond acceptors (Lipinski definition) is 3. The molecule has 0 amide bonds. The van der Waals surface area contributed by atoms with Crippen LogP contribution in [-0.4, -0.2) is 16.1 Å². The predicted octanol–water partition coefficient (Wildman–Crippen LogP) is 1.21. The third kappa shape index (κ3) is 1.10. The minimum Gasteiger partial charge on any atom is -0.384 e. The molecule has 0 saturated heterocycles. The van der Waals surface area contributed by atoms with Gasteiger partial charge in [-0.05, 0) is 25.5 Å².